The van der Waals surface area contributed by atoms with Gasteiger partial charge in [-0.3, -0.25) is 9.48 Å². The predicted molar refractivity (Wildman–Crippen MR) is 108 cm³/mol. The van der Waals surface area contributed by atoms with Gasteiger partial charge in [0.15, 0.2) is 0 Å². The summed E-state index contributed by atoms with van der Waals surface area (Å²) in [5.41, 5.74) is 3.19. The van der Waals surface area contributed by atoms with Crippen LogP contribution in [0.25, 0.3) is 11.1 Å². The van der Waals surface area contributed by atoms with Crippen molar-refractivity contribution in [3.05, 3.63) is 72.3 Å². The molecular weight excluding hydrogens is 355 g/mol. The van der Waals surface area contributed by atoms with Crippen molar-refractivity contribution in [3.63, 3.8) is 0 Å². The number of halogens is 1. The molecule has 4 rings (SSSR count). The van der Waals surface area contributed by atoms with E-state index in [4.69, 9.17) is 0 Å². The standard InChI is InChI=1S/C22H23FN4O/c23-21-4-2-1-3-17(21)13-22(28)26-19-7-5-16(6-8-19)18-14-25-27(15-18)20-9-11-24-12-10-20/h1-8,14-15,20,24H,9-13H2,(H,26,28). The SMILES string of the molecule is O=C(Cc1ccccc1F)Nc1ccc(-c2cnn(C3CCNCC3)c2)cc1. The number of rotatable bonds is 5. The van der Waals surface area contributed by atoms with Crippen LogP contribution in [0.5, 0.6) is 0 Å². The molecule has 1 aromatic heterocycles. The smallest absolute Gasteiger partial charge is 0.228 e. The molecule has 0 bridgehead atoms. The van der Waals surface area contributed by atoms with Gasteiger partial charge in [0, 0.05) is 17.4 Å². The van der Waals surface area contributed by atoms with E-state index >= 15 is 0 Å². The lowest BCUT2D eigenvalue weighted by Gasteiger charge is -2.22. The summed E-state index contributed by atoms with van der Waals surface area (Å²) < 4.78 is 15.7. The lowest BCUT2D eigenvalue weighted by atomic mass is 10.1. The van der Waals surface area contributed by atoms with Gasteiger partial charge in [-0.25, -0.2) is 4.39 Å². The lowest BCUT2D eigenvalue weighted by Crippen LogP contribution is -2.29. The quantitative estimate of drug-likeness (QED) is 0.710. The number of aromatic nitrogens is 2. The number of piperidine rings is 1. The van der Waals surface area contributed by atoms with Crippen LogP contribution in [0, 0.1) is 5.82 Å². The molecule has 1 amide bonds. The number of carbonyl (C=O) groups excluding carboxylic acids is 1. The molecule has 2 heterocycles. The van der Waals surface area contributed by atoms with Gasteiger partial charge in [-0.15, -0.1) is 0 Å². The number of benzene rings is 2. The molecule has 144 valence electrons. The third-order valence-electron chi connectivity index (χ3n) is 5.10. The Hall–Kier alpha value is -2.99. The van der Waals surface area contributed by atoms with Gasteiger partial charge in [0.05, 0.1) is 18.7 Å². The molecule has 6 heteroatoms. The fourth-order valence-corrected chi connectivity index (χ4v) is 3.52. The third-order valence-corrected chi connectivity index (χ3v) is 5.10. The van der Waals surface area contributed by atoms with E-state index < -0.39 is 0 Å². The monoisotopic (exact) mass is 378 g/mol. The minimum absolute atomic E-state index is 0.0114. The second-order valence-corrected chi connectivity index (χ2v) is 7.08. The van der Waals surface area contributed by atoms with Crippen molar-refractivity contribution in [1.82, 2.24) is 15.1 Å². The molecule has 28 heavy (non-hydrogen) atoms. The Morgan fingerprint density at radius 1 is 1.11 bits per heavy atom. The average Bonchev–Trinajstić information content (AvgIpc) is 3.21. The Labute approximate surface area is 163 Å². The maximum atomic E-state index is 13.7. The van der Waals surface area contributed by atoms with Gasteiger partial charge in [-0.2, -0.15) is 5.10 Å². The zero-order chi connectivity index (χ0) is 19.3. The molecule has 1 fully saturated rings. The largest absolute Gasteiger partial charge is 0.326 e. The molecule has 3 aromatic rings. The lowest BCUT2D eigenvalue weighted by molar-refractivity contribution is -0.115. The van der Waals surface area contributed by atoms with Crippen LogP contribution >= 0.6 is 0 Å². The van der Waals surface area contributed by atoms with E-state index in [2.05, 4.69) is 26.6 Å². The van der Waals surface area contributed by atoms with Crippen molar-refractivity contribution in [2.24, 2.45) is 0 Å². The normalized spacial score (nSPS) is 14.8. The van der Waals surface area contributed by atoms with Crippen LogP contribution in [0.2, 0.25) is 0 Å². The van der Waals surface area contributed by atoms with Crippen molar-refractivity contribution in [3.8, 4) is 11.1 Å². The van der Waals surface area contributed by atoms with Crippen molar-refractivity contribution in [1.29, 1.82) is 0 Å². The first kappa shape index (κ1) is 18.4. The average molecular weight is 378 g/mol. The Morgan fingerprint density at radius 3 is 2.61 bits per heavy atom. The molecular formula is C22H23FN4O. The van der Waals surface area contributed by atoms with Gasteiger partial charge < -0.3 is 10.6 Å². The Balaban J connectivity index is 1.39. The second-order valence-electron chi connectivity index (χ2n) is 7.08. The van der Waals surface area contributed by atoms with E-state index in [9.17, 15) is 9.18 Å². The highest BCUT2D eigenvalue weighted by Gasteiger charge is 2.16. The molecule has 0 aliphatic carbocycles. The molecule has 1 aliphatic heterocycles. The van der Waals surface area contributed by atoms with Gasteiger partial charge in [-0.1, -0.05) is 30.3 Å². The number of hydrogen-bond acceptors (Lipinski definition) is 3. The van der Waals surface area contributed by atoms with Crippen LogP contribution in [0.1, 0.15) is 24.4 Å². The van der Waals surface area contributed by atoms with Crippen molar-refractivity contribution in [2.75, 3.05) is 18.4 Å². The molecule has 0 radical (unpaired) electrons. The van der Waals surface area contributed by atoms with E-state index in [0.717, 1.165) is 37.1 Å². The topological polar surface area (TPSA) is 59.0 Å². The van der Waals surface area contributed by atoms with Crippen LogP contribution in [0.15, 0.2) is 60.9 Å². The molecule has 2 aromatic carbocycles. The highest BCUT2D eigenvalue weighted by molar-refractivity contribution is 5.92. The number of nitrogens with one attached hydrogen (secondary N) is 2. The van der Waals surface area contributed by atoms with Crippen molar-refractivity contribution >= 4 is 11.6 Å². The second kappa shape index (κ2) is 8.35. The van der Waals surface area contributed by atoms with Gasteiger partial charge in [0.2, 0.25) is 5.91 Å². The van der Waals surface area contributed by atoms with E-state index in [1.807, 2.05) is 30.5 Å². The van der Waals surface area contributed by atoms with Crippen molar-refractivity contribution < 1.29 is 9.18 Å². The minimum atomic E-state index is -0.362. The molecule has 5 nitrogen and oxygen atoms in total. The summed E-state index contributed by atoms with van der Waals surface area (Å²) in [4.78, 5) is 12.2. The molecule has 0 atom stereocenters. The zero-order valence-corrected chi connectivity index (χ0v) is 15.6. The summed E-state index contributed by atoms with van der Waals surface area (Å²) in [7, 11) is 0. The number of hydrogen-bond donors (Lipinski definition) is 2. The van der Waals surface area contributed by atoms with Gasteiger partial charge >= 0.3 is 0 Å². The van der Waals surface area contributed by atoms with Gasteiger partial charge in [0.1, 0.15) is 5.82 Å². The number of carbonyl (C=O) groups is 1. The summed E-state index contributed by atoms with van der Waals surface area (Å²) in [6.45, 7) is 2.06. The predicted octanol–water partition coefficient (Wildman–Crippen LogP) is 3.79. The van der Waals surface area contributed by atoms with E-state index in [0.29, 0.717) is 17.3 Å². The van der Waals surface area contributed by atoms with E-state index in [-0.39, 0.29) is 18.1 Å². The summed E-state index contributed by atoms with van der Waals surface area (Å²) >= 11 is 0. The molecule has 1 aliphatic rings. The summed E-state index contributed by atoms with van der Waals surface area (Å²) in [5.74, 6) is -0.602. The molecule has 2 N–H and O–H groups in total. The highest BCUT2D eigenvalue weighted by atomic mass is 19.1. The molecule has 0 saturated carbocycles. The summed E-state index contributed by atoms with van der Waals surface area (Å²) in [6, 6.07) is 14.4. The zero-order valence-electron chi connectivity index (χ0n) is 15.6. The fraction of sp³-hybridized carbons (Fsp3) is 0.273. The first-order chi connectivity index (χ1) is 13.7. The highest BCUT2D eigenvalue weighted by Crippen LogP contribution is 2.24. The van der Waals surface area contributed by atoms with Gasteiger partial charge in [-0.05, 0) is 55.3 Å². The van der Waals surface area contributed by atoms with Crippen LogP contribution < -0.4 is 10.6 Å². The Morgan fingerprint density at radius 2 is 1.86 bits per heavy atom. The Kier molecular flexibility index (Phi) is 5.48. The maximum Gasteiger partial charge on any atom is 0.228 e. The van der Waals surface area contributed by atoms with Crippen LogP contribution in [0.4, 0.5) is 10.1 Å². The van der Waals surface area contributed by atoms with Crippen LogP contribution in [-0.4, -0.2) is 28.8 Å². The molecule has 0 spiro atoms. The number of amides is 1. The van der Waals surface area contributed by atoms with Gasteiger partial charge in [0.25, 0.3) is 0 Å². The maximum absolute atomic E-state index is 13.7. The Bertz CT molecular complexity index is 945. The summed E-state index contributed by atoms with van der Waals surface area (Å²) in [5, 5.41) is 10.7. The number of nitrogens with zero attached hydrogens (tertiary/aromatic N) is 2. The summed E-state index contributed by atoms with van der Waals surface area (Å²) in [6.07, 6.45) is 6.16. The first-order valence-corrected chi connectivity index (χ1v) is 9.57. The van der Waals surface area contributed by atoms with E-state index in [1.54, 1.807) is 18.2 Å². The van der Waals surface area contributed by atoms with E-state index in [1.165, 1.54) is 6.07 Å². The first-order valence-electron chi connectivity index (χ1n) is 9.57. The fourth-order valence-electron chi connectivity index (χ4n) is 3.52. The number of anilines is 1. The molecule has 1 saturated heterocycles. The minimum Gasteiger partial charge on any atom is -0.326 e. The van der Waals surface area contributed by atoms with Crippen LogP contribution in [-0.2, 0) is 11.2 Å². The van der Waals surface area contributed by atoms with Crippen LogP contribution in [0.3, 0.4) is 0 Å². The third kappa shape index (κ3) is 4.28. The van der Waals surface area contributed by atoms with Crippen molar-refractivity contribution in [2.45, 2.75) is 25.3 Å². The molecule has 0 unspecified atom stereocenters.